The Bertz CT molecular complexity index is 1240. The molecule has 0 spiro atoms. The highest BCUT2D eigenvalue weighted by Crippen LogP contribution is 2.26. The lowest BCUT2D eigenvalue weighted by molar-refractivity contribution is 0.102. The van der Waals surface area contributed by atoms with Crippen LogP contribution < -0.4 is 11.1 Å². The van der Waals surface area contributed by atoms with Crippen LogP contribution in [0.2, 0.25) is 0 Å². The van der Waals surface area contributed by atoms with Gasteiger partial charge in [-0.15, -0.1) is 0 Å². The third-order valence-electron chi connectivity index (χ3n) is 5.72. The Morgan fingerprint density at radius 1 is 0.848 bits per heavy atom. The average molecular weight is 436 g/mol. The second-order valence-corrected chi connectivity index (χ2v) is 8.47. The second-order valence-electron chi connectivity index (χ2n) is 8.47. The number of hydrogen-bond acceptors (Lipinski definition) is 3. The molecule has 0 saturated heterocycles. The summed E-state index contributed by atoms with van der Waals surface area (Å²) < 4.78 is 0. The van der Waals surface area contributed by atoms with E-state index in [-0.39, 0.29) is 5.91 Å². The second kappa shape index (κ2) is 10.1. The highest BCUT2D eigenvalue weighted by atomic mass is 16.1. The monoisotopic (exact) mass is 435 g/mol. The van der Waals surface area contributed by atoms with E-state index in [1.165, 1.54) is 11.1 Å². The number of carbonyl (C=O) groups is 1. The van der Waals surface area contributed by atoms with E-state index in [9.17, 15) is 4.79 Å². The van der Waals surface area contributed by atoms with E-state index in [0.717, 1.165) is 47.3 Å². The molecule has 0 fully saturated rings. The summed E-state index contributed by atoms with van der Waals surface area (Å²) in [5.74, 6) is 0.456. The van der Waals surface area contributed by atoms with E-state index < -0.39 is 0 Å². The van der Waals surface area contributed by atoms with Crippen LogP contribution in [0.3, 0.4) is 0 Å². The van der Waals surface area contributed by atoms with Crippen LogP contribution >= 0.6 is 0 Å². The van der Waals surface area contributed by atoms with Gasteiger partial charge < -0.3 is 11.1 Å². The maximum absolute atomic E-state index is 13.1. The fraction of sp³-hybridized carbons (Fsp3) is 0.172. The number of nitrogens with one attached hydrogen (secondary N) is 1. The molecule has 4 aromatic rings. The van der Waals surface area contributed by atoms with Gasteiger partial charge >= 0.3 is 0 Å². The molecule has 0 aliphatic rings. The molecule has 0 aliphatic heterocycles. The Kier molecular flexibility index (Phi) is 6.84. The molecule has 3 aromatic carbocycles. The largest absolute Gasteiger partial charge is 0.384 e. The zero-order valence-electron chi connectivity index (χ0n) is 19.1. The predicted octanol–water partition coefficient (Wildman–Crippen LogP) is 6.38. The lowest BCUT2D eigenvalue weighted by atomic mass is 9.96. The quantitative estimate of drug-likeness (QED) is 0.354. The van der Waals surface area contributed by atoms with Gasteiger partial charge in [-0.05, 0) is 80.1 Å². The van der Waals surface area contributed by atoms with Crippen LogP contribution in [0.4, 0.5) is 11.5 Å². The van der Waals surface area contributed by atoms with Gasteiger partial charge in [0.05, 0.1) is 0 Å². The summed E-state index contributed by atoms with van der Waals surface area (Å²) in [5.41, 5.74) is 13.8. The van der Waals surface area contributed by atoms with Crippen molar-refractivity contribution < 1.29 is 4.79 Å². The van der Waals surface area contributed by atoms with Crippen molar-refractivity contribution in [3.05, 3.63) is 113 Å². The first-order chi connectivity index (χ1) is 16.0. The van der Waals surface area contributed by atoms with Crippen molar-refractivity contribution in [2.45, 2.75) is 33.1 Å². The lowest BCUT2D eigenvalue weighted by Crippen LogP contribution is -2.13. The number of anilines is 2. The summed E-state index contributed by atoms with van der Waals surface area (Å²) in [5, 5.41) is 3.05. The number of nitrogen functional groups attached to an aromatic ring is 1. The normalized spacial score (nSPS) is 10.7. The van der Waals surface area contributed by atoms with Crippen molar-refractivity contribution in [3.63, 3.8) is 0 Å². The first-order valence-electron chi connectivity index (χ1n) is 11.3. The molecule has 4 nitrogen and oxygen atoms in total. The Morgan fingerprint density at radius 3 is 2.30 bits per heavy atom. The predicted molar refractivity (Wildman–Crippen MR) is 136 cm³/mol. The van der Waals surface area contributed by atoms with E-state index >= 15 is 0 Å². The zero-order chi connectivity index (χ0) is 23.2. The molecule has 0 atom stereocenters. The molecule has 0 saturated carbocycles. The molecular formula is C29H29N3O. The molecule has 1 amide bonds. The van der Waals surface area contributed by atoms with Gasteiger partial charge in [-0.3, -0.25) is 4.79 Å². The van der Waals surface area contributed by atoms with Crippen LogP contribution in [0.1, 0.15) is 39.2 Å². The van der Waals surface area contributed by atoms with Gasteiger partial charge in [0.2, 0.25) is 0 Å². The fourth-order valence-corrected chi connectivity index (χ4v) is 3.89. The first-order valence-corrected chi connectivity index (χ1v) is 11.3. The molecule has 0 bridgehead atoms. The molecular weight excluding hydrogens is 406 g/mol. The zero-order valence-corrected chi connectivity index (χ0v) is 19.1. The molecule has 33 heavy (non-hydrogen) atoms. The van der Waals surface area contributed by atoms with Crippen molar-refractivity contribution in [2.75, 3.05) is 11.1 Å². The minimum absolute atomic E-state index is 0.105. The number of aryl methyl sites for hydroxylation is 4. The third-order valence-corrected chi connectivity index (χ3v) is 5.72. The summed E-state index contributed by atoms with van der Waals surface area (Å²) in [6.07, 6.45) is 2.82. The van der Waals surface area contributed by atoms with Crippen LogP contribution in [0, 0.1) is 13.8 Å². The van der Waals surface area contributed by atoms with Crippen LogP contribution in [-0.2, 0) is 12.8 Å². The number of nitrogens with two attached hydrogens (primary N) is 1. The van der Waals surface area contributed by atoms with E-state index in [1.807, 2.05) is 43.3 Å². The van der Waals surface area contributed by atoms with Crippen molar-refractivity contribution in [3.8, 4) is 11.1 Å². The Labute approximate surface area is 195 Å². The van der Waals surface area contributed by atoms with E-state index in [1.54, 1.807) is 6.07 Å². The van der Waals surface area contributed by atoms with Crippen LogP contribution in [0.5, 0.6) is 0 Å². The Hall–Kier alpha value is -3.92. The smallest absolute Gasteiger partial charge is 0.256 e. The molecule has 1 heterocycles. The molecule has 0 aliphatic carbocycles. The number of rotatable bonds is 7. The number of benzene rings is 3. The number of pyridine rings is 1. The number of hydrogen-bond donors (Lipinski definition) is 2. The van der Waals surface area contributed by atoms with E-state index in [4.69, 9.17) is 5.73 Å². The summed E-state index contributed by atoms with van der Waals surface area (Å²) in [6, 6.07) is 28.0. The summed E-state index contributed by atoms with van der Waals surface area (Å²) in [6.45, 7) is 4.10. The number of aromatic nitrogens is 1. The van der Waals surface area contributed by atoms with Gasteiger partial charge in [-0.25, -0.2) is 4.98 Å². The van der Waals surface area contributed by atoms with Gasteiger partial charge in [-0.1, -0.05) is 65.7 Å². The Balaban J connectivity index is 1.41. The molecule has 0 radical (unpaired) electrons. The van der Waals surface area contributed by atoms with Crippen LogP contribution in [0.25, 0.3) is 11.1 Å². The Morgan fingerprint density at radius 2 is 1.58 bits per heavy atom. The minimum Gasteiger partial charge on any atom is -0.384 e. The standard InChI is InChI=1S/C29H29N3O/c1-20-9-14-23(15-10-20)27-19-21(2)11-18-26(27)29(33)32-25-16-12-22(13-17-25)5-3-6-24-7-4-8-28(30)31-24/h4,7-19H,3,5-6H2,1-2H3,(H2,30,31)(H,32,33). The number of amides is 1. The van der Waals surface area contributed by atoms with Gasteiger partial charge in [-0.2, -0.15) is 0 Å². The summed E-state index contributed by atoms with van der Waals surface area (Å²) >= 11 is 0. The van der Waals surface area contributed by atoms with Gasteiger partial charge in [0.15, 0.2) is 0 Å². The van der Waals surface area contributed by atoms with Crippen molar-refractivity contribution in [1.29, 1.82) is 0 Å². The topological polar surface area (TPSA) is 68.0 Å². The van der Waals surface area contributed by atoms with Gasteiger partial charge in [0, 0.05) is 16.9 Å². The molecule has 3 N–H and O–H groups in total. The van der Waals surface area contributed by atoms with Gasteiger partial charge in [0.1, 0.15) is 5.82 Å². The first kappa shape index (κ1) is 22.3. The van der Waals surface area contributed by atoms with Crippen LogP contribution in [0.15, 0.2) is 84.9 Å². The molecule has 1 aromatic heterocycles. The summed E-state index contributed by atoms with van der Waals surface area (Å²) in [4.78, 5) is 17.4. The van der Waals surface area contributed by atoms with Crippen molar-refractivity contribution in [2.24, 2.45) is 0 Å². The number of nitrogens with zero attached hydrogens (tertiary/aromatic N) is 1. The third kappa shape index (κ3) is 5.86. The van der Waals surface area contributed by atoms with Crippen molar-refractivity contribution in [1.82, 2.24) is 4.98 Å². The average Bonchev–Trinajstić information content (AvgIpc) is 2.81. The molecule has 0 unspecified atom stereocenters. The van der Waals surface area contributed by atoms with E-state index in [2.05, 4.69) is 59.7 Å². The molecule has 4 heteroatoms. The maximum atomic E-state index is 13.1. The van der Waals surface area contributed by atoms with Gasteiger partial charge in [0.25, 0.3) is 5.91 Å². The highest BCUT2D eigenvalue weighted by molar-refractivity contribution is 6.08. The molecule has 4 rings (SSSR count). The SMILES string of the molecule is Cc1ccc(-c2cc(C)ccc2C(=O)Nc2ccc(CCCc3cccc(N)n3)cc2)cc1. The summed E-state index contributed by atoms with van der Waals surface area (Å²) in [7, 11) is 0. The molecule has 166 valence electrons. The van der Waals surface area contributed by atoms with Crippen LogP contribution in [-0.4, -0.2) is 10.9 Å². The number of carbonyl (C=O) groups excluding carboxylic acids is 1. The fourth-order valence-electron chi connectivity index (χ4n) is 3.89. The maximum Gasteiger partial charge on any atom is 0.256 e. The minimum atomic E-state index is -0.105. The lowest BCUT2D eigenvalue weighted by Gasteiger charge is -2.12. The van der Waals surface area contributed by atoms with E-state index in [0.29, 0.717) is 11.4 Å². The van der Waals surface area contributed by atoms with Crippen molar-refractivity contribution >= 4 is 17.4 Å². The highest BCUT2D eigenvalue weighted by Gasteiger charge is 2.13.